The lowest BCUT2D eigenvalue weighted by atomic mass is 10.1. The van der Waals surface area contributed by atoms with E-state index < -0.39 is 12.8 Å². The topological polar surface area (TPSA) is 9.23 Å². The minimum absolute atomic E-state index is 0.237. The number of para-hydroxylation sites is 1. The van der Waals surface area contributed by atoms with Gasteiger partial charge in [0.05, 0.1) is 0 Å². The average Bonchev–Trinajstić information content (AvgIpc) is 2.37. The Morgan fingerprint density at radius 1 is 0.833 bits per heavy atom. The van der Waals surface area contributed by atoms with Crippen molar-refractivity contribution in [2.45, 2.75) is 6.18 Å². The van der Waals surface area contributed by atoms with Crippen LogP contribution in [0.3, 0.4) is 0 Å². The Balaban J connectivity index is 2.27. The molecule has 0 heterocycles. The number of hydrogen-bond donors (Lipinski definition) is 0. The van der Waals surface area contributed by atoms with Crippen LogP contribution in [-0.2, 0) is 0 Å². The third-order valence-electron chi connectivity index (χ3n) is 2.36. The van der Waals surface area contributed by atoms with Gasteiger partial charge in [0.25, 0.3) is 0 Å². The number of hydrogen-bond acceptors (Lipinski definition) is 1. The summed E-state index contributed by atoms with van der Waals surface area (Å²) in [4.78, 5) is 0. The van der Waals surface area contributed by atoms with Crippen LogP contribution in [0.2, 0.25) is 0 Å². The highest BCUT2D eigenvalue weighted by Gasteiger charge is 2.28. The zero-order chi connectivity index (χ0) is 13.0. The van der Waals surface area contributed by atoms with Crippen LogP contribution in [0, 0.1) is 0 Å². The van der Waals surface area contributed by atoms with Crippen LogP contribution in [0.1, 0.15) is 0 Å². The maximum absolute atomic E-state index is 12.2. The van der Waals surface area contributed by atoms with Crippen LogP contribution in [0.15, 0.2) is 54.6 Å². The fourth-order valence-corrected chi connectivity index (χ4v) is 1.61. The van der Waals surface area contributed by atoms with Gasteiger partial charge in [-0.25, -0.2) is 0 Å². The van der Waals surface area contributed by atoms with E-state index in [0.29, 0.717) is 5.56 Å². The van der Waals surface area contributed by atoms with Crippen LogP contribution in [0.5, 0.6) is 5.75 Å². The molecule has 0 radical (unpaired) electrons. The Kier molecular flexibility index (Phi) is 3.55. The first kappa shape index (κ1) is 12.5. The molecule has 0 saturated heterocycles. The molecule has 0 spiro atoms. The molecule has 0 aromatic heterocycles. The third kappa shape index (κ3) is 3.26. The van der Waals surface area contributed by atoms with Crippen molar-refractivity contribution in [3.63, 3.8) is 0 Å². The molecule has 4 heteroatoms. The zero-order valence-electron chi connectivity index (χ0n) is 9.45. The van der Waals surface area contributed by atoms with Gasteiger partial charge in [-0.3, -0.25) is 0 Å². The molecule has 0 fully saturated rings. The molecule has 0 aliphatic rings. The summed E-state index contributed by atoms with van der Waals surface area (Å²) in [5.74, 6) is 0.237. The van der Waals surface area contributed by atoms with Gasteiger partial charge in [0, 0.05) is 5.56 Å². The number of rotatable bonds is 3. The predicted molar refractivity (Wildman–Crippen MR) is 63.4 cm³/mol. The molecule has 0 amide bonds. The number of alkyl halides is 3. The molecule has 0 N–H and O–H groups in total. The largest absolute Gasteiger partial charge is 0.483 e. The summed E-state index contributed by atoms with van der Waals surface area (Å²) in [5.41, 5.74) is 1.48. The maximum Gasteiger partial charge on any atom is 0.422 e. The Labute approximate surface area is 103 Å². The van der Waals surface area contributed by atoms with Crippen molar-refractivity contribution in [2.75, 3.05) is 6.61 Å². The van der Waals surface area contributed by atoms with Gasteiger partial charge in [0.15, 0.2) is 6.61 Å². The average molecular weight is 252 g/mol. The highest BCUT2D eigenvalue weighted by atomic mass is 19.4. The molecule has 2 rings (SSSR count). The Bertz CT molecular complexity index is 506. The quantitative estimate of drug-likeness (QED) is 0.791. The number of ether oxygens (including phenoxy) is 1. The second kappa shape index (κ2) is 5.12. The van der Waals surface area contributed by atoms with Gasteiger partial charge >= 0.3 is 6.18 Å². The molecule has 2 aromatic rings. The lowest BCUT2D eigenvalue weighted by Crippen LogP contribution is -2.19. The second-order valence-electron chi connectivity index (χ2n) is 3.77. The van der Waals surface area contributed by atoms with Crippen LogP contribution >= 0.6 is 0 Å². The summed E-state index contributed by atoms with van der Waals surface area (Å²) in [7, 11) is 0. The lowest BCUT2D eigenvalue weighted by Gasteiger charge is -2.13. The molecule has 0 saturated carbocycles. The smallest absolute Gasteiger partial charge is 0.422 e. The van der Waals surface area contributed by atoms with Crippen molar-refractivity contribution >= 4 is 0 Å². The highest BCUT2D eigenvalue weighted by Crippen LogP contribution is 2.30. The van der Waals surface area contributed by atoms with E-state index in [2.05, 4.69) is 0 Å². The zero-order valence-corrected chi connectivity index (χ0v) is 9.45. The van der Waals surface area contributed by atoms with Gasteiger partial charge in [-0.2, -0.15) is 13.2 Å². The molecule has 18 heavy (non-hydrogen) atoms. The van der Waals surface area contributed by atoms with Gasteiger partial charge in [-0.05, 0) is 11.6 Å². The molecule has 0 bridgehead atoms. The summed E-state index contributed by atoms with van der Waals surface area (Å²) >= 11 is 0. The third-order valence-corrected chi connectivity index (χ3v) is 2.36. The molecule has 0 aliphatic carbocycles. The van der Waals surface area contributed by atoms with E-state index in [1.54, 1.807) is 18.2 Å². The van der Waals surface area contributed by atoms with E-state index in [0.717, 1.165) is 5.56 Å². The van der Waals surface area contributed by atoms with Crippen molar-refractivity contribution in [1.82, 2.24) is 0 Å². The molecular formula is C14H11F3O. The minimum atomic E-state index is -4.33. The fraction of sp³-hybridized carbons (Fsp3) is 0.143. The van der Waals surface area contributed by atoms with Crippen LogP contribution in [0.4, 0.5) is 13.2 Å². The Hall–Kier alpha value is -1.97. The first-order chi connectivity index (χ1) is 8.56. The minimum Gasteiger partial charge on any atom is -0.483 e. The standard InChI is InChI=1S/C14H11F3O/c15-14(16,17)10-18-13-9-5-4-8-12(13)11-6-2-1-3-7-11/h1-9H,10H2. The molecule has 94 valence electrons. The molecule has 0 unspecified atom stereocenters. The lowest BCUT2D eigenvalue weighted by molar-refractivity contribution is -0.153. The monoisotopic (exact) mass is 252 g/mol. The number of benzene rings is 2. The van der Waals surface area contributed by atoms with Gasteiger partial charge in [-0.15, -0.1) is 0 Å². The predicted octanol–water partition coefficient (Wildman–Crippen LogP) is 4.29. The van der Waals surface area contributed by atoms with Gasteiger partial charge in [0.1, 0.15) is 5.75 Å². The molecular weight excluding hydrogens is 241 g/mol. The summed E-state index contributed by atoms with van der Waals surface area (Å²) < 4.78 is 41.3. The van der Waals surface area contributed by atoms with Crippen molar-refractivity contribution in [1.29, 1.82) is 0 Å². The SMILES string of the molecule is FC(F)(F)COc1ccccc1-c1ccccc1. The van der Waals surface area contributed by atoms with Crippen molar-refractivity contribution in [3.8, 4) is 16.9 Å². The summed E-state index contributed by atoms with van der Waals surface area (Å²) in [6.07, 6.45) is -4.33. The molecule has 0 aliphatic heterocycles. The maximum atomic E-state index is 12.2. The van der Waals surface area contributed by atoms with E-state index in [-0.39, 0.29) is 5.75 Å². The molecule has 1 nitrogen and oxygen atoms in total. The summed E-state index contributed by atoms with van der Waals surface area (Å²) in [5, 5.41) is 0. The summed E-state index contributed by atoms with van der Waals surface area (Å²) in [6.45, 7) is -1.28. The second-order valence-corrected chi connectivity index (χ2v) is 3.77. The van der Waals surface area contributed by atoms with E-state index in [1.165, 1.54) is 6.07 Å². The normalized spacial score (nSPS) is 11.3. The van der Waals surface area contributed by atoms with Crippen LogP contribution < -0.4 is 4.74 Å². The first-order valence-corrected chi connectivity index (χ1v) is 5.40. The highest BCUT2D eigenvalue weighted by molar-refractivity contribution is 5.70. The summed E-state index contributed by atoms with van der Waals surface area (Å²) in [6, 6.07) is 15.9. The molecule has 2 aromatic carbocycles. The molecule has 0 atom stereocenters. The fourth-order valence-electron chi connectivity index (χ4n) is 1.61. The van der Waals surface area contributed by atoms with Crippen molar-refractivity contribution in [3.05, 3.63) is 54.6 Å². The van der Waals surface area contributed by atoms with Crippen molar-refractivity contribution in [2.24, 2.45) is 0 Å². The van der Waals surface area contributed by atoms with E-state index in [4.69, 9.17) is 4.74 Å². The van der Waals surface area contributed by atoms with Gasteiger partial charge < -0.3 is 4.74 Å². The van der Waals surface area contributed by atoms with Crippen LogP contribution in [0.25, 0.3) is 11.1 Å². The Morgan fingerprint density at radius 2 is 1.44 bits per heavy atom. The van der Waals surface area contributed by atoms with E-state index in [9.17, 15) is 13.2 Å². The van der Waals surface area contributed by atoms with Crippen molar-refractivity contribution < 1.29 is 17.9 Å². The van der Waals surface area contributed by atoms with E-state index >= 15 is 0 Å². The first-order valence-electron chi connectivity index (χ1n) is 5.40. The Morgan fingerprint density at radius 3 is 2.11 bits per heavy atom. The number of halogens is 3. The van der Waals surface area contributed by atoms with Gasteiger partial charge in [0.2, 0.25) is 0 Å². The van der Waals surface area contributed by atoms with E-state index in [1.807, 2.05) is 30.3 Å². The van der Waals surface area contributed by atoms with Crippen LogP contribution in [-0.4, -0.2) is 12.8 Å². The van der Waals surface area contributed by atoms with Gasteiger partial charge in [-0.1, -0.05) is 48.5 Å².